The van der Waals surface area contributed by atoms with Gasteiger partial charge in [-0.05, 0) is 29.7 Å². The molecule has 96 valence electrons. The number of fused-ring (bicyclic) bond motifs is 3. The molecule has 1 N–H and O–H groups in total. The van der Waals surface area contributed by atoms with E-state index in [4.69, 9.17) is 9.47 Å². The number of nitrogens with zero attached hydrogens (tertiary/aromatic N) is 1. The number of hydrogen-bond donors (Lipinski definition) is 1. The Balaban J connectivity index is 2.06. The third-order valence-electron chi connectivity index (χ3n) is 3.71. The first-order valence-electron chi connectivity index (χ1n) is 6.04. The fourth-order valence-corrected chi connectivity index (χ4v) is 2.78. The van der Waals surface area contributed by atoms with Crippen molar-refractivity contribution < 1.29 is 14.3 Å². The third-order valence-corrected chi connectivity index (χ3v) is 3.71. The van der Waals surface area contributed by atoms with E-state index in [0.29, 0.717) is 6.54 Å². The van der Waals surface area contributed by atoms with Gasteiger partial charge in [0.15, 0.2) is 11.5 Å². The molecule has 2 amide bonds. The lowest BCUT2D eigenvalue weighted by Crippen LogP contribution is -2.35. The number of carbonyl (C=O) groups excluding carboxylic acids is 1. The van der Waals surface area contributed by atoms with Gasteiger partial charge in [-0.15, -0.1) is 0 Å². The minimum Gasteiger partial charge on any atom is -0.493 e. The van der Waals surface area contributed by atoms with Crippen LogP contribution < -0.4 is 14.8 Å². The summed E-state index contributed by atoms with van der Waals surface area (Å²) in [6, 6.07) is 4.17. The second-order valence-corrected chi connectivity index (χ2v) is 4.55. The number of carbonyl (C=O) groups is 1. The van der Waals surface area contributed by atoms with Crippen LogP contribution in [0.4, 0.5) is 4.79 Å². The molecule has 18 heavy (non-hydrogen) atoms. The minimum absolute atomic E-state index is 0.0282. The molecule has 1 unspecified atom stereocenters. The maximum absolute atomic E-state index is 11.7. The molecule has 0 radical (unpaired) electrons. The maximum atomic E-state index is 11.7. The first-order chi connectivity index (χ1) is 8.74. The summed E-state index contributed by atoms with van der Waals surface area (Å²) in [6.45, 7) is 1.43. The van der Waals surface area contributed by atoms with Crippen LogP contribution in [0.2, 0.25) is 0 Å². The largest absolute Gasteiger partial charge is 0.493 e. The highest BCUT2D eigenvalue weighted by Gasteiger charge is 2.36. The van der Waals surface area contributed by atoms with Crippen molar-refractivity contribution in [1.82, 2.24) is 10.2 Å². The molecule has 1 aromatic carbocycles. The predicted octanol–water partition coefficient (Wildman–Crippen LogP) is 1.33. The Morgan fingerprint density at radius 1 is 1.28 bits per heavy atom. The van der Waals surface area contributed by atoms with E-state index in [1.54, 1.807) is 14.2 Å². The maximum Gasteiger partial charge on any atom is 0.318 e. The molecule has 1 aromatic rings. The zero-order valence-electron chi connectivity index (χ0n) is 10.5. The van der Waals surface area contributed by atoms with Crippen LogP contribution in [0.25, 0.3) is 0 Å². The van der Waals surface area contributed by atoms with Gasteiger partial charge in [0, 0.05) is 13.1 Å². The smallest absolute Gasteiger partial charge is 0.318 e. The molecule has 5 nitrogen and oxygen atoms in total. The molecule has 0 bridgehead atoms. The van der Waals surface area contributed by atoms with Crippen molar-refractivity contribution >= 4 is 6.03 Å². The molecule has 1 fully saturated rings. The van der Waals surface area contributed by atoms with Crippen molar-refractivity contribution in [3.05, 3.63) is 23.3 Å². The number of rotatable bonds is 2. The number of urea groups is 1. The molecule has 0 saturated carbocycles. The summed E-state index contributed by atoms with van der Waals surface area (Å²) >= 11 is 0. The number of amides is 2. The van der Waals surface area contributed by atoms with Gasteiger partial charge in [0.2, 0.25) is 0 Å². The molecule has 0 aliphatic carbocycles. The Morgan fingerprint density at radius 3 is 2.72 bits per heavy atom. The molecule has 2 heterocycles. The van der Waals surface area contributed by atoms with Gasteiger partial charge in [-0.1, -0.05) is 0 Å². The van der Waals surface area contributed by atoms with Crippen LogP contribution in [-0.4, -0.2) is 38.2 Å². The van der Waals surface area contributed by atoms with Gasteiger partial charge >= 0.3 is 6.03 Å². The van der Waals surface area contributed by atoms with E-state index in [-0.39, 0.29) is 12.1 Å². The molecule has 5 heteroatoms. The summed E-state index contributed by atoms with van der Waals surface area (Å²) in [5.41, 5.74) is 2.41. The molecule has 2 aliphatic rings. The van der Waals surface area contributed by atoms with Gasteiger partial charge in [0.25, 0.3) is 0 Å². The normalized spacial score (nSPS) is 21.1. The molecule has 0 spiro atoms. The van der Waals surface area contributed by atoms with E-state index in [1.807, 2.05) is 17.0 Å². The monoisotopic (exact) mass is 248 g/mol. The van der Waals surface area contributed by atoms with Crippen molar-refractivity contribution in [2.24, 2.45) is 0 Å². The Kier molecular flexibility index (Phi) is 2.54. The zero-order valence-corrected chi connectivity index (χ0v) is 10.5. The number of benzene rings is 1. The standard InChI is InChI=1S/C13H16N2O3/c1-17-11-5-8-3-4-15-10(7-14-13(15)16)9(8)6-12(11)18-2/h5-6,10H,3-4,7H2,1-2H3,(H,14,16). The minimum atomic E-state index is 0.0282. The third kappa shape index (κ3) is 1.50. The number of ether oxygens (including phenoxy) is 2. The van der Waals surface area contributed by atoms with Gasteiger partial charge in [0.1, 0.15) is 0 Å². The van der Waals surface area contributed by atoms with Gasteiger partial charge in [-0.2, -0.15) is 0 Å². The first-order valence-corrected chi connectivity index (χ1v) is 6.04. The average Bonchev–Trinajstić information content (AvgIpc) is 2.79. The van der Waals surface area contributed by atoms with Crippen molar-refractivity contribution in [3.63, 3.8) is 0 Å². The lowest BCUT2D eigenvalue weighted by Gasteiger charge is -2.31. The molecular weight excluding hydrogens is 232 g/mol. The van der Waals surface area contributed by atoms with Gasteiger partial charge < -0.3 is 19.7 Å². The number of hydrogen-bond acceptors (Lipinski definition) is 3. The van der Waals surface area contributed by atoms with E-state index in [0.717, 1.165) is 30.0 Å². The highest BCUT2D eigenvalue weighted by Crippen LogP contribution is 2.39. The van der Waals surface area contributed by atoms with Gasteiger partial charge in [-0.25, -0.2) is 4.79 Å². The van der Waals surface area contributed by atoms with Crippen LogP contribution in [0, 0.1) is 0 Å². The van der Waals surface area contributed by atoms with Crippen LogP contribution in [0.5, 0.6) is 11.5 Å². The first kappa shape index (κ1) is 11.2. The van der Waals surface area contributed by atoms with Crippen LogP contribution in [-0.2, 0) is 6.42 Å². The van der Waals surface area contributed by atoms with E-state index < -0.39 is 0 Å². The molecule has 2 aliphatic heterocycles. The Labute approximate surface area is 106 Å². The van der Waals surface area contributed by atoms with E-state index >= 15 is 0 Å². The second kappa shape index (κ2) is 4.08. The summed E-state index contributed by atoms with van der Waals surface area (Å²) in [6.07, 6.45) is 0.861. The summed E-state index contributed by atoms with van der Waals surface area (Å²) in [5.74, 6) is 1.47. The SMILES string of the molecule is COc1cc2c(cc1OC)C1CNC(=O)N1CC2. The zero-order chi connectivity index (χ0) is 12.7. The molecule has 1 atom stereocenters. The Hall–Kier alpha value is -1.91. The number of nitrogens with one attached hydrogen (secondary N) is 1. The lowest BCUT2D eigenvalue weighted by molar-refractivity contribution is 0.200. The summed E-state index contributed by atoms with van der Waals surface area (Å²) in [5, 5.41) is 2.88. The fourth-order valence-electron chi connectivity index (χ4n) is 2.78. The van der Waals surface area contributed by atoms with Gasteiger partial charge in [-0.3, -0.25) is 0 Å². The van der Waals surface area contributed by atoms with Crippen LogP contribution in [0.3, 0.4) is 0 Å². The van der Waals surface area contributed by atoms with E-state index in [1.165, 1.54) is 5.56 Å². The summed E-state index contributed by atoms with van der Waals surface area (Å²) in [4.78, 5) is 13.5. The summed E-state index contributed by atoms with van der Waals surface area (Å²) in [7, 11) is 3.27. The van der Waals surface area contributed by atoms with Crippen LogP contribution in [0.15, 0.2) is 12.1 Å². The lowest BCUT2D eigenvalue weighted by atomic mass is 9.93. The predicted molar refractivity (Wildman–Crippen MR) is 66.1 cm³/mol. The van der Waals surface area contributed by atoms with Crippen molar-refractivity contribution in [1.29, 1.82) is 0 Å². The van der Waals surface area contributed by atoms with Crippen LogP contribution in [0.1, 0.15) is 17.2 Å². The van der Waals surface area contributed by atoms with Crippen LogP contribution >= 0.6 is 0 Å². The molecule has 1 saturated heterocycles. The quantitative estimate of drug-likeness (QED) is 0.859. The fraction of sp³-hybridized carbons (Fsp3) is 0.462. The highest BCUT2D eigenvalue weighted by atomic mass is 16.5. The number of methoxy groups -OCH3 is 2. The van der Waals surface area contributed by atoms with Crippen molar-refractivity contribution in [2.45, 2.75) is 12.5 Å². The second-order valence-electron chi connectivity index (χ2n) is 4.55. The Morgan fingerprint density at radius 2 is 2.00 bits per heavy atom. The molecule has 0 aromatic heterocycles. The van der Waals surface area contributed by atoms with Crippen molar-refractivity contribution in [3.8, 4) is 11.5 Å². The van der Waals surface area contributed by atoms with Gasteiger partial charge in [0.05, 0.1) is 20.3 Å². The highest BCUT2D eigenvalue weighted by molar-refractivity contribution is 5.78. The average molecular weight is 248 g/mol. The Bertz CT molecular complexity index is 501. The van der Waals surface area contributed by atoms with Crippen molar-refractivity contribution in [2.75, 3.05) is 27.3 Å². The topological polar surface area (TPSA) is 50.8 Å². The van der Waals surface area contributed by atoms with E-state index in [2.05, 4.69) is 5.32 Å². The molecule has 3 rings (SSSR count). The molecular formula is C13H16N2O3. The van der Waals surface area contributed by atoms with E-state index in [9.17, 15) is 4.79 Å². The summed E-state index contributed by atoms with van der Waals surface area (Å²) < 4.78 is 10.6.